The van der Waals surface area contributed by atoms with Crippen LogP contribution >= 0.6 is 27.5 Å². The summed E-state index contributed by atoms with van der Waals surface area (Å²) in [5.41, 5.74) is 0.727. The Morgan fingerprint density at radius 1 is 1.50 bits per heavy atom. The zero-order chi connectivity index (χ0) is 10.7. The van der Waals surface area contributed by atoms with Crippen molar-refractivity contribution in [2.75, 3.05) is 6.61 Å². The molecule has 0 fully saturated rings. The van der Waals surface area contributed by atoms with Gasteiger partial charge in [0.2, 0.25) is 0 Å². The van der Waals surface area contributed by atoms with Gasteiger partial charge in [-0.15, -0.1) is 0 Å². The molecular weight excluding hydrogens is 277 g/mol. The van der Waals surface area contributed by atoms with Crippen molar-refractivity contribution in [1.82, 2.24) is 0 Å². The summed E-state index contributed by atoms with van der Waals surface area (Å²) in [6.45, 7) is 1.11. The van der Waals surface area contributed by atoms with E-state index in [1.807, 2.05) is 0 Å². The molecule has 0 aliphatic carbocycles. The summed E-state index contributed by atoms with van der Waals surface area (Å²) < 4.78 is 29.4. The van der Waals surface area contributed by atoms with Crippen LogP contribution in [0, 0.1) is 6.92 Å². The van der Waals surface area contributed by atoms with Crippen LogP contribution in [-0.4, -0.2) is 13.0 Å². The van der Waals surface area contributed by atoms with E-state index in [0.29, 0.717) is 10.8 Å². The van der Waals surface area contributed by atoms with Gasteiger partial charge in [-0.3, -0.25) is 0 Å². The Bertz CT molecular complexity index is 308. The number of ether oxygens (including phenoxy) is 1. The standard InChI is InChI=1S/C9H8BrClF2O/c1-5-2-6(10)3-7(11)9(5)14-4-8(12)13/h2-3,8H,4H2,1H3. The van der Waals surface area contributed by atoms with E-state index in [1.54, 1.807) is 19.1 Å². The van der Waals surface area contributed by atoms with Crippen LogP contribution in [0.5, 0.6) is 5.75 Å². The number of halogens is 4. The lowest BCUT2D eigenvalue weighted by Gasteiger charge is -2.10. The summed E-state index contributed by atoms with van der Waals surface area (Å²) in [5, 5.41) is 0.331. The Kier molecular flexibility index (Phi) is 4.13. The van der Waals surface area contributed by atoms with Gasteiger partial charge in [-0.05, 0) is 24.6 Å². The van der Waals surface area contributed by atoms with E-state index in [9.17, 15) is 8.78 Å². The molecule has 1 aromatic rings. The van der Waals surface area contributed by atoms with Crippen LogP contribution in [0.25, 0.3) is 0 Å². The highest BCUT2D eigenvalue weighted by molar-refractivity contribution is 9.10. The summed E-state index contributed by atoms with van der Waals surface area (Å²) in [4.78, 5) is 0. The quantitative estimate of drug-likeness (QED) is 0.814. The van der Waals surface area contributed by atoms with E-state index >= 15 is 0 Å². The first-order chi connectivity index (χ1) is 6.50. The van der Waals surface area contributed by atoms with Crippen LogP contribution < -0.4 is 4.74 Å². The lowest BCUT2D eigenvalue weighted by molar-refractivity contribution is 0.0816. The third-order valence-corrected chi connectivity index (χ3v) is 2.29. The van der Waals surface area contributed by atoms with Crippen molar-refractivity contribution in [3.05, 3.63) is 27.2 Å². The van der Waals surface area contributed by atoms with E-state index in [2.05, 4.69) is 15.9 Å². The van der Waals surface area contributed by atoms with Crippen LogP contribution in [0.3, 0.4) is 0 Å². The maximum atomic E-state index is 11.9. The maximum Gasteiger partial charge on any atom is 0.272 e. The van der Waals surface area contributed by atoms with Crippen LogP contribution in [0.2, 0.25) is 5.02 Å². The molecule has 5 heteroatoms. The SMILES string of the molecule is Cc1cc(Br)cc(Cl)c1OCC(F)F. The second-order valence-corrected chi connectivity index (χ2v) is 4.06. The van der Waals surface area contributed by atoms with E-state index < -0.39 is 13.0 Å². The number of rotatable bonds is 3. The summed E-state index contributed by atoms with van der Waals surface area (Å²) in [6.07, 6.45) is -2.49. The molecule has 0 radical (unpaired) electrons. The Morgan fingerprint density at radius 3 is 2.64 bits per heavy atom. The topological polar surface area (TPSA) is 9.23 Å². The molecule has 1 nitrogen and oxygen atoms in total. The minimum absolute atomic E-state index is 0.315. The van der Waals surface area contributed by atoms with Crippen molar-refractivity contribution in [1.29, 1.82) is 0 Å². The lowest BCUT2D eigenvalue weighted by atomic mass is 10.2. The predicted octanol–water partition coefficient (Wildman–Crippen LogP) is 4.05. The number of alkyl halides is 2. The normalized spacial score (nSPS) is 10.7. The van der Waals surface area contributed by atoms with Crippen LogP contribution in [0.15, 0.2) is 16.6 Å². The van der Waals surface area contributed by atoms with Gasteiger partial charge in [0.15, 0.2) is 0 Å². The Morgan fingerprint density at radius 2 is 2.14 bits per heavy atom. The molecule has 0 saturated heterocycles. The first-order valence-electron chi connectivity index (χ1n) is 3.87. The maximum absolute atomic E-state index is 11.9. The number of hydrogen-bond acceptors (Lipinski definition) is 1. The largest absolute Gasteiger partial charge is 0.486 e. The molecule has 78 valence electrons. The van der Waals surface area contributed by atoms with Gasteiger partial charge in [0, 0.05) is 4.47 Å². The van der Waals surface area contributed by atoms with Crippen LogP contribution in [0.4, 0.5) is 8.78 Å². The first kappa shape index (κ1) is 11.7. The van der Waals surface area contributed by atoms with Gasteiger partial charge in [0.1, 0.15) is 12.4 Å². The van der Waals surface area contributed by atoms with Crippen molar-refractivity contribution in [2.24, 2.45) is 0 Å². The third kappa shape index (κ3) is 3.10. The molecule has 0 saturated carbocycles. The molecular formula is C9H8BrClF2O. The highest BCUT2D eigenvalue weighted by atomic mass is 79.9. The zero-order valence-corrected chi connectivity index (χ0v) is 9.70. The minimum atomic E-state index is -2.49. The predicted molar refractivity (Wildman–Crippen MR) is 55.4 cm³/mol. The summed E-state index contributed by atoms with van der Waals surface area (Å²) >= 11 is 9.06. The fourth-order valence-electron chi connectivity index (χ4n) is 1.02. The molecule has 0 N–H and O–H groups in total. The molecule has 0 spiro atoms. The molecule has 0 aliphatic heterocycles. The molecule has 1 aromatic carbocycles. The smallest absolute Gasteiger partial charge is 0.272 e. The highest BCUT2D eigenvalue weighted by Crippen LogP contribution is 2.32. The second kappa shape index (κ2) is 4.94. The molecule has 0 atom stereocenters. The van der Waals surface area contributed by atoms with Gasteiger partial charge < -0.3 is 4.74 Å². The second-order valence-electron chi connectivity index (χ2n) is 2.74. The average Bonchev–Trinajstić information content (AvgIpc) is 2.01. The number of hydrogen-bond donors (Lipinski definition) is 0. The fraction of sp³-hybridized carbons (Fsp3) is 0.333. The molecule has 1 rings (SSSR count). The average molecular weight is 286 g/mol. The van der Waals surface area contributed by atoms with Crippen LogP contribution in [-0.2, 0) is 0 Å². The van der Waals surface area contributed by atoms with Crippen molar-refractivity contribution in [3.63, 3.8) is 0 Å². The zero-order valence-electron chi connectivity index (χ0n) is 7.36. The van der Waals surface area contributed by atoms with Gasteiger partial charge in [-0.2, -0.15) is 0 Å². The van der Waals surface area contributed by atoms with Gasteiger partial charge in [-0.1, -0.05) is 27.5 Å². The minimum Gasteiger partial charge on any atom is -0.486 e. The Labute approximate surface area is 94.1 Å². The Balaban J connectivity index is 2.86. The monoisotopic (exact) mass is 284 g/mol. The molecule has 0 aromatic heterocycles. The van der Waals surface area contributed by atoms with E-state index in [-0.39, 0.29) is 0 Å². The van der Waals surface area contributed by atoms with Crippen LogP contribution in [0.1, 0.15) is 5.56 Å². The number of aryl methyl sites for hydroxylation is 1. The van der Waals surface area contributed by atoms with Gasteiger partial charge in [-0.25, -0.2) is 8.78 Å². The molecule has 0 heterocycles. The van der Waals surface area contributed by atoms with Gasteiger partial charge in [0.05, 0.1) is 5.02 Å². The van der Waals surface area contributed by atoms with Crippen molar-refractivity contribution < 1.29 is 13.5 Å². The van der Waals surface area contributed by atoms with Gasteiger partial charge in [0.25, 0.3) is 6.43 Å². The molecule has 0 amide bonds. The molecule has 14 heavy (non-hydrogen) atoms. The molecule has 0 bridgehead atoms. The molecule has 0 aliphatic rings. The van der Waals surface area contributed by atoms with Crippen molar-refractivity contribution >= 4 is 27.5 Å². The molecule has 0 unspecified atom stereocenters. The van der Waals surface area contributed by atoms with Crippen molar-refractivity contribution in [3.8, 4) is 5.75 Å². The summed E-state index contributed by atoms with van der Waals surface area (Å²) in [6, 6.07) is 3.36. The summed E-state index contributed by atoms with van der Waals surface area (Å²) in [5.74, 6) is 0.315. The van der Waals surface area contributed by atoms with Gasteiger partial charge >= 0.3 is 0 Å². The van der Waals surface area contributed by atoms with E-state index in [0.717, 1.165) is 10.0 Å². The fourth-order valence-corrected chi connectivity index (χ4v) is 2.04. The van der Waals surface area contributed by atoms with E-state index in [1.165, 1.54) is 0 Å². The highest BCUT2D eigenvalue weighted by Gasteiger charge is 2.10. The Hall–Kier alpha value is -0.350. The summed E-state index contributed by atoms with van der Waals surface area (Å²) in [7, 11) is 0. The lowest BCUT2D eigenvalue weighted by Crippen LogP contribution is -2.08. The number of benzene rings is 1. The first-order valence-corrected chi connectivity index (χ1v) is 5.04. The van der Waals surface area contributed by atoms with Crippen molar-refractivity contribution in [2.45, 2.75) is 13.3 Å². The third-order valence-electron chi connectivity index (χ3n) is 1.55. The van der Waals surface area contributed by atoms with E-state index in [4.69, 9.17) is 16.3 Å².